The van der Waals surface area contributed by atoms with Crippen molar-refractivity contribution in [3.05, 3.63) is 96.4 Å². The van der Waals surface area contributed by atoms with Crippen LogP contribution in [0.15, 0.2) is 64.5 Å². The third-order valence-corrected chi connectivity index (χ3v) is 5.32. The van der Waals surface area contributed by atoms with Crippen LogP contribution in [-0.2, 0) is 0 Å². The molecule has 5 nitrogen and oxygen atoms in total. The molecule has 0 fully saturated rings. The van der Waals surface area contributed by atoms with Gasteiger partial charge in [0.05, 0.1) is 15.4 Å². The molecule has 3 rings (SSSR count). The lowest BCUT2D eigenvalue weighted by Gasteiger charge is -2.18. The first kappa shape index (κ1) is 18.2. The Kier molecular flexibility index (Phi) is 5.43. The van der Waals surface area contributed by atoms with E-state index in [9.17, 15) is 19.3 Å². The number of thiophene rings is 1. The highest BCUT2D eigenvalue weighted by atomic mass is 79.9. The summed E-state index contributed by atoms with van der Waals surface area (Å²) in [5.41, 5.74) is 0.699. The number of halogens is 2. The van der Waals surface area contributed by atoms with Crippen LogP contribution in [-0.4, -0.2) is 10.8 Å². The van der Waals surface area contributed by atoms with Gasteiger partial charge in [0.15, 0.2) is 0 Å². The van der Waals surface area contributed by atoms with Gasteiger partial charge in [-0.1, -0.05) is 18.2 Å². The lowest BCUT2D eigenvalue weighted by molar-refractivity contribution is -0.385. The van der Waals surface area contributed by atoms with Crippen LogP contribution in [0.3, 0.4) is 0 Å². The normalized spacial score (nSPS) is 11.8. The van der Waals surface area contributed by atoms with E-state index in [0.717, 1.165) is 4.88 Å². The highest BCUT2D eigenvalue weighted by molar-refractivity contribution is 9.10. The number of nitrogens with one attached hydrogen (secondary N) is 1. The minimum atomic E-state index is -0.558. The van der Waals surface area contributed by atoms with Gasteiger partial charge in [0.2, 0.25) is 0 Å². The van der Waals surface area contributed by atoms with Crippen molar-refractivity contribution in [2.45, 2.75) is 6.04 Å². The van der Waals surface area contributed by atoms with Gasteiger partial charge in [-0.15, -0.1) is 11.3 Å². The second-order valence-electron chi connectivity index (χ2n) is 5.40. The van der Waals surface area contributed by atoms with E-state index in [0.29, 0.717) is 10.0 Å². The SMILES string of the molecule is O=C(NC(c1ccc(F)cc1)c1cccs1)c1ccc(Br)c([N+](=O)[O-])c1. The predicted molar refractivity (Wildman–Crippen MR) is 101 cm³/mol. The summed E-state index contributed by atoms with van der Waals surface area (Å²) in [6.45, 7) is 0. The zero-order chi connectivity index (χ0) is 18.7. The molecule has 0 saturated heterocycles. The minimum Gasteiger partial charge on any atom is -0.340 e. The fraction of sp³-hybridized carbons (Fsp3) is 0.0556. The number of nitro benzene ring substituents is 1. The quantitative estimate of drug-likeness (QED) is 0.449. The summed E-state index contributed by atoms with van der Waals surface area (Å²) in [5, 5.41) is 15.8. The predicted octanol–water partition coefficient (Wildman–Crippen LogP) is 5.08. The van der Waals surface area contributed by atoms with Crippen LogP contribution < -0.4 is 5.32 Å². The molecule has 0 aliphatic heterocycles. The number of nitro groups is 1. The van der Waals surface area contributed by atoms with Gasteiger partial charge in [-0.05, 0) is 57.2 Å². The van der Waals surface area contributed by atoms with Gasteiger partial charge in [-0.3, -0.25) is 14.9 Å². The first-order valence-electron chi connectivity index (χ1n) is 7.49. The van der Waals surface area contributed by atoms with E-state index in [-0.39, 0.29) is 17.1 Å². The molecule has 0 aliphatic rings. The number of amides is 1. The van der Waals surface area contributed by atoms with Crippen LogP contribution in [0, 0.1) is 15.9 Å². The zero-order valence-electron chi connectivity index (χ0n) is 13.2. The summed E-state index contributed by atoms with van der Waals surface area (Å²) in [5.74, 6) is -0.822. The van der Waals surface area contributed by atoms with Crippen LogP contribution in [0.25, 0.3) is 0 Å². The molecule has 26 heavy (non-hydrogen) atoms. The van der Waals surface area contributed by atoms with Crippen LogP contribution >= 0.6 is 27.3 Å². The Bertz CT molecular complexity index is 946. The summed E-state index contributed by atoms with van der Waals surface area (Å²) in [7, 11) is 0. The fourth-order valence-electron chi connectivity index (χ4n) is 2.44. The number of rotatable bonds is 5. The Labute approximate surface area is 160 Å². The Hall–Kier alpha value is -2.58. The van der Waals surface area contributed by atoms with E-state index >= 15 is 0 Å². The molecule has 1 amide bonds. The Balaban J connectivity index is 1.92. The molecule has 0 spiro atoms. The number of hydrogen-bond donors (Lipinski definition) is 1. The van der Waals surface area contributed by atoms with Crippen molar-refractivity contribution in [1.29, 1.82) is 0 Å². The second kappa shape index (κ2) is 7.76. The summed E-state index contributed by atoms with van der Waals surface area (Å²) in [6.07, 6.45) is 0. The molecular formula is C18H12BrFN2O3S. The summed E-state index contributed by atoms with van der Waals surface area (Å²) < 4.78 is 13.5. The maximum Gasteiger partial charge on any atom is 0.284 e. The van der Waals surface area contributed by atoms with E-state index in [1.807, 2.05) is 17.5 Å². The first-order chi connectivity index (χ1) is 12.5. The molecule has 1 N–H and O–H groups in total. The summed E-state index contributed by atoms with van der Waals surface area (Å²) in [6, 6.07) is 13.3. The lowest BCUT2D eigenvalue weighted by Crippen LogP contribution is -2.28. The molecule has 0 bridgehead atoms. The zero-order valence-corrected chi connectivity index (χ0v) is 15.6. The van der Waals surface area contributed by atoms with E-state index < -0.39 is 16.9 Å². The highest BCUT2D eigenvalue weighted by Crippen LogP contribution is 2.28. The molecule has 8 heteroatoms. The number of benzene rings is 2. The Morgan fingerprint density at radius 1 is 1.19 bits per heavy atom. The molecule has 1 aromatic heterocycles. The number of carbonyl (C=O) groups is 1. The average Bonchev–Trinajstić information content (AvgIpc) is 3.15. The van der Waals surface area contributed by atoms with Gasteiger partial charge in [0, 0.05) is 16.5 Å². The highest BCUT2D eigenvalue weighted by Gasteiger charge is 2.21. The third-order valence-electron chi connectivity index (χ3n) is 3.71. The van der Waals surface area contributed by atoms with Gasteiger partial charge in [0.1, 0.15) is 5.82 Å². The molecule has 1 unspecified atom stereocenters. The Morgan fingerprint density at radius 3 is 2.54 bits per heavy atom. The first-order valence-corrected chi connectivity index (χ1v) is 9.16. The molecule has 0 saturated carbocycles. The monoisotopic (exact) mass is 434 g/mol. The lowest BCUT2D eigenvalue weighted by atomic mass is 10.0. The van der Waals surface area contributed by atoms with Gasteiger partial charge in [0.25, 0.3) is 11.6 Å². The van der Waals surface area contributed by atoms with E-state index in [1.165, 1.54) is 41.7 Å². The van der Waals surface area contributed by atoms with Crippen LogP contribution in [0.5, 0.6) is 0 Å². The van der Waals surface area contributed by atoms with Crippen molar-refractivity contribution >= 4 is 38.9 Å². The second-order valence-corrected chi connectivity index (χ2v) is 7.23. The minimum absolute atomic E-state index is 0.170. The van der Waals surface area contributed by atoms with Gasteiger partial charge in [-0.2, -0.15) is 0 Å². The summed E-state index contributed by atoms with van der Waals surface area (Å²) in [4.78, 5) is 24.0. The molecule has 2 aromatic carbocycles. The molecule has 132 valence electrons. The molecule has 0 aliphatic carbocycles. The van der Waals surface area contributed by atoms with Gasteiger partial charge < -0.3 is 5.32 Å². The standard InChI is InChI=1S/C18H12BrFN2O3S/c19-14-8-5-12(10-15(14)22(24)25)18(23)21-17(16-2-1-9-26-16)11-3-6-13(20)7-4-11/h1-10,17H,(H,21,23). The average molecular weight is 435 g/mol. The van der Waals surface area contributed by atoms with Crippen molar-refractivity contribution in [1.82, 2.24) is 5.32 Å². The van der Waals surface area contributed by atoms with E-state index in [4.69, 9.17) is 0 Å². The Morgan fingerprint density at radius 2 is 1.92 bits per heavy atom. The number of hydrogen-bond acceptors (Lipinski definition) is 4. The van der Waals surface area contributed by atoms with E-state index in [1.54, 1.807) is 12.1 Å². The van der Waals surface area contributed by atoms with Crippen LogP contribution in [0.4, 0.5) is 10.1 Å². The fourth-order valence-corrected chi connectivity index (χ4v) is 3.63. The molecular weight excluding hydrogens is 423 g/mol. The molecule has 0 radical (unpaired) electrons. The van der Waals surface area contributed by atoms with Crippen LogP contribution in [0.2, 0.25) is 0 Å². The maximum atomic E-state index is 13.2. The van der Waals surface area contributed by atoms with Crippen molar-refractivity contribution in [2.75, 3.05) is 0 Å². The van der Waals surface area contributed by atoms with Gasteiger partial charge >= 0.3 is 0 Å². The largest absolute Gasteiger partial charge is 0.340 e. The number of carbonyl (C=O) groups excluding carboxylic acids is 1. The third kappa shape index (κ3) is 3.97. The van der Waals surface area contributed by atoms with Crippen molar-refractivity contribution < 1.29 is 14.1 Å². The van der Waals surface area contributed by atoms with Gasteiger partial charge in [-0.25, -0.2) is 4.39 Å². The molecule has 3 aromatic rings. The maximum absolute atomic E-state index is 13.2. The molecule has 1 heterocycles. The topological polar surface area (TPSA) is 72.2 Å². The van der Waals surface area contributed by atoms with Crippen LogP contribution in [0.1, 0.15) is 26.8 Å². The van der Waals surface area contributed by atoms with E-state index in [2.05, 4.69) is 21.2 Å². The van der Waals surface area contributed by atoms with Crippen molar-refractivity contribution in [3.63, 3.8) is 0 Å². The smallest absolute Gasteiger partial charge is 0.284 e. The molecule has 1 atom stereocenters. The van der Waals surface area contributed by atoms with Crippen molar-refractivity contribution in [2.24, 2.45) is 0 Å². The number of nitrogens with zero attached hydrogens (tertiary/aromatic N) is 1. The summed E-state index contributed by atoms with van der Waals surface area (Å²) >= 11 is 4.55. The van der Waals surface area contributed by atoms with Crippen molar-refractivity contribution in [3.8, 4) is 0 Å².